The fraction of sp³-hybridized carbons (Fsp3) is 0.750. The van der Waals surface area contributed by atoms with E-state index in [-0.39, 0.29) is 12.3 Å². The number of hydrogen-bond donors (Lipinski definition) is 1. The minimum absolute atomic E-state index is 0.0961. The minimum Gasteiger partial charge on any atom is -0.481 e. The van der Waals surface area contributed by atoms with Crippen LogP contribution in [0.4, 0.5) is 0 Å². The van der Waals surface area contributed by atoms with Crippen LogP contribution < -0.4 is 0 Å². The summed E-state index contributed by atoms with van der Waals surface area (Å²) in [6.45, 7) is 11.8. The second-order valence-corrected chi connectivity index (χ2v) is 13.3. The molecular formula is C32H48O3. The summed E-state index contributed by atoms with van der Waals surface area (Å²) in [4.78, 5) is 25.2. The van der Waals surface area contributed by atoms with Crippen LogP contribution in [0.2, 0.25) is 0 Å². The molecule has 35 heavy (non-hydrogen) atoms. The molecule has 3 heteroatoms. The fourth-order valence-electron chi connectivity index (χ4n) is 9.03. The predicted molar refractivity (Wildman–Crippen MR) is 142 cm³/mol. The lowest BCUT2D eigenvalue weighted by molar-refractivity contribution is -0.151. The first-order chi connectivity index (χ1) is 16.6. The van der Waals surface area contributed by atoms with E-state index in [1.165, 1.54) is 44.1 Å². The van der Waals surface area contributed by atoms with Crippen molar-refractivity contribution in [2.45, 2.75) is 105 Å². The number of benzene rings is 1. The average molecular weight is 481 g/mol. The molecule has 3 fully saturated rings. The first-order valence-corrected chi connectivity index (χ1v) is 14.4. The Morgan fingerprint density at radius 2 is 1.74 bits per heavy atom. The van der Waals surface area contributed by atoms with Crippen LogP contribution in [-0.2, 0) is 9.59 Å². The molecule has 1 N–H and O–H groups in total. The number of aliphatic carboxylic acids is 1. The quantitative estimate of drug-likeness (QED) is 0.388. The van der Waals surface area contributed by atoms with Gasteiger partial charge in [0.05, 0.1) is 0 Å². The highest BCUT2D eigenvalue weighted by molar-refractivity contribution is 5.87. The summed E-state index contributed by atoms with van der Waals surface area (Å²) in [5.74, 6) is 3.47. The van der Waals surface area contributed by atoms with Gasteiger partial charge in [-0.15, -0.1) is 0 Å². The van der Waals surface area contributed by atoms with E-state index in [1.807, 2.05) is 0 Å². The molecule has 0 radical (unpaired) electrons. The zero-order chi connectivity index (χ0) is 25.4. The molecular weight excluding hydrogens is 432 g/mol. The predicted octanol–water partition coefficient (Wildman–Crippen LogP) is 8.14. The monoisotopic (exact) mass is 480 g/mol. The van der Waals surface area contributed by atoms with E-state index in [4.69, 9.17) is 0 Å². The summed E-state index contributed by atoms with van der Waals surface area (Å²) in [7, 11) is 0. The molecule has 0 unspecified atom stereocenters. The summed E-state index contributed by atoms with van der Waals surface area (Å²) >= 11 is 0. The summed E-state index contributed by atoms with van der Waals surface area (Å²) in [5, 5.41) is 9.45. The van der Waals surface area contributed by atoms with Gasteiger partial charge in [0.15, 0.2) is 0 Å². The Labute approximate surface area is 213 Å². The first kappa shape index (κ1) is 26.4. The molecule has 0 aromatic heterocycles. The zero-order valence-corrected chi connectivity index (χ0v) is 22.8. The van der Waals surface area contributed by atoms with Crippen molar-refractivity contribution >= 4 is 11.8 Å². The number of Topliss-reactive ketones (excluding diaryl/α,β-unsaturated/α-hetero) is 1. The van der Waals surface area contributed by atoms with Gasteiger partial charge in [-0.25, -0.2) is 0 Å². The smallest absolute Gasteiger partial charge is 0.303 e. The van der Waals surface area contributed by atoms with E-state index >= 15 is 0 Å². The number of rotatable bonds is 9. The van der Waals surface area contributed by atoms with E-state index in [0.717, 1.165) is 24.2 Å². The Hall–Kier alpha value is -1.64. The van der Waals surface area contributed by atoms with Crippen LogP contribution in [0.25, 0.3) is 0 Å². The van der Waals surface area contributed by atoms with E-state index in [0.29, 0.717) is 41.8 Å². The van der Waals surface area contributed by atoms with Gasteiger partial charge in [-0.2, -0.15) is 0 Å². The maximum atomic E-state index is 13.7. The summed E-state index contributed by atoms with van der Waals surface area (Å²) < 4.78 is 0. The molecule has 3 aliphatic rings. The molecule has 1 aromatic carbocycles. The minimum atomic E-state index is -0.780. The highest BCUT2D eigenvalue weighted by Gasteiger charge is 2.62. The van der Waals surface area contributed by atoms with Crippen molar-refractivity contribution in [2.24, 2.45) is 46.3 Å². The van der Waals surface area contributed by atoms with Gasteiger partial charge in [-0.1, -0.05) is 84.2 Å². The second kappa shape index (κ2) is 10.4. The van der Waals surface area contributed by atoms with E-state index in [1.54, 1.807) is 0 Å². The molecule has 0 heterocycles. The van der Waals surface area contributed by atoms with Crippen LogP contribution in [-0.4, -0.2) is 16.9 Å². The standard InChI is InChI=1S/C32H48O3/c1-21(2)10-9-11-22(3)25-14-15-26-30-24(23-12-7-6-8-13-23)20-28(33)32(5,19-17-29(34)35)27(30)16-18-31(25,26)4/h6-8,12-13,21-22,24-27,30H,9-11,14-20H2,1-5H3,(H,34,35)/t22-,24-,25-,26+,27+,30+,31-,32-/m1/s1. The molecule has 3 nitrogen and oxygen atoms in total. The second-order valence-electron chi connectivity index (χ2n) is 13.3. The van der Waals surface area contributed by atoms with Crippen LogP contribution in [0.1, 0.15) is 110 Å². The maximum Gasteiger partial charge on any atom is 0.303 e. The van der Waals surface area contributed by atoms with Gasteiger partial charge in [0.25, 0.3) is 0 Å². The number of carboxylic acid groups (broad SMARTS) is 1. The number of carboxylic acids is 1. The number of hydrogen-bond acceptors (Lipinski definition) is 2. The highest BCUT2D eigenvalue weighted by atomic mass is 16.4. The van der Waals surface area contributed by atoms with Gasteiger partial charge in [0.2, 0.25) is 0 Å². The number of fused-ring (bicyclic) bond motifs is 3. The molecule has 0 amide bonds. The van der Waals surface area contributed by atoms with Crippen molar-refractivity contribution in [3.05, 3.63) is 35.9 Å². The maximum absolute atomic E-state index is 13.7. The number of ketones is 1. The van der Waals surface area contributed by atoms with Crippen molar-refractivity contribution in [3.8, 4) is 0 Å². The SMILES string of the molecule is CC(C)CCC[C@@H](C)[C@H]1CC[C@H]2[C@@H]3[C@@H](c4ccccc4)CC(=O)[C@](C)(CCC(=O)O)[C@H]3CC[C@]12C. The van der Waals surface area contributed by atoms with Crippen molar-refractivity contribution in [2.75, 3.05) is 0 Å². The summed E-state index contributed by atoms with van der Waals surface area (Å²) in [5.41, 5.74) is 1.14. The van der Waals surface area contributed by atoms with Crippen molar-refractivity contribution < 1.29 is 14.7 Å². The Kier molecular flexibility index (Phi) is 7.84. The molecule has 194 valence electrons. The molecule has 0 saturated heterocycles. The number of carbonyl (C=O) groups is 2. The largest absolute Gasteiger partial charge is 0.481 e. The van der Waals surface area contributed by atoms with E-state index < -0.39 is 11.4 Å². The van der Waals surface area contributed by atoms with Crippen molar-refractivity contribution in [1.29, 1.82) is 0 Å². The third-order valence-electron chi connectivity index (χ3n) is 10.9. The molecule has 3 aliphatic carbocycles. The van der Waals surface area contributed by atoms with E-state index in [2.05, 4.69) is 65.0 Å². The first-order valence-electron chi connectivity index (χ1n) is 14.4. The Bertz CT molecular complexity index is 891. The van der Waals surface area contributed by atoms with E-state index in [9.17, 15) is 14.7 Å². The molecule has 8 atom stereocenters. The van der Waals surface area contributed by atoms with Gasteiger partial charge in [-0.05, 0) is 84.5 Å². The lowest BCUT2D eigenvalue weighted by Gasteiger charge is -2.59. The van der Waals surface area contributed by atoms with Crippen LogP contribution >= 0.6 is 0 Å². The number of carbonyl (C=O) groups excluding carboxylic acids is 1. The van der Waals surface area contributed by atoms with Crippen LogP contribution in [0, 0.1) is 46.3 Å². The van der Waals surface area contributed by atoms with Crippen molar-refractivity contribution in [1.82, 2.24) is 0 Å². The van der Waals surface area contributed by atoms with Gasteiger partial charge >= 0.3 is 5.97 Å². The Morgan fingerprint density at radius 1 is 1.03 bits per heavy atom. The third-order valence-corrected chi connectivity index (χ3v) is 10.9. The van der Waals surface area contributed by atoms with Crippen molar-refractivity contribution in [3.63, 3.8) is 0 Å². The van der Waals surface area contributed by atoms with Gasteiger partial charge in [0.1, 0.15) is 5.78 Å². The normalized spacial score (nSPS) is 37.7. The summed E-state index contributed by atoms with van der Waals surface area (Å²) in [6, 6.07) is 10.7. The van der Waals surface area contributed by atoms with Gasteiger partial charge < -0.3 is 5.11 Å². The molecule has 1 aromatic rings. The molecule has 0 aliphatic heterocycles. The third kappa shape index (κ3) is 4.98. The lowest BCUT2D eigenvalue weighted by Crippen LogP contribution is -2.55. The zero-order valence-electron chi connectivity index (χ0n) is 22.8. The molecule has 4 rings (SSSR count). The van der Waals surface area contributed by atoms with Gasteiger partial charge in [-0.3, -0.25) is 9.59 Å². The molecule has 0 bridgehead atoms. The Morgan fingerprint density at radius 3 is 2.40 bits per heavy atom. The Balaban J connectivity index is 1.65. The summed E-state index contributed by atoms with van der Waals surface area (Å²) in [6.07, 6.45) is 9.98. The fourth-order valence-corrected chi connectivity index (χ4v) is 9.03. The van der Waals surface area contributed by atoms with Crippen LogP contribution in [0.15, 0.2) is 30.3 Å². The lowest BCUT2D eigenvalue weighted by atomic mass is 9.45. The average Bonchev–Trinajstić information content (AvgIpc) is 3.17. The van der Waals surface area contributed by atoms with Crippen LogP contribution in [0.5, 0.6) is 0 Å². The van der Waals surface area contributed by atoms with Gasteiger partial charge in [0, 0.05) is 18.3 Å². The highest BCUT2D eigenvalue weighted by Crippen LogP contribution is 2.68. The molecule has 0 spiro atoms. The topological polar surface area (TPSA) is 54.4 Å². The molecule has 3 saturated carbocycles. The van der Waals surface area contributed by atoms with Crippen LogP contribution in [0.3, 0.4) is 0 Å².